The number of rotatable bonds is 5. The van der Waals surface area contributed by atoms with Crippen molar-refractivity contribution in [2.45, 2.75) is 0 Å². The van der Waals surface area contributed by atoms with E-state index in [0.717, 1.165) is 11.6 Å². The number of phenols is 1. The number of fused-ring (bicyclic) bond motifs is 1. The average molecular weight is 424 g/mol. The highest BCUT2D eigenvalue weighted by molar-refractivity contribution is 6.31. The van der Waals surface area contributed by atoms with Gasteiger partial charge in [0.05, 0.1) is 12.0 Å². The Labute approximate surface area is 175 Å². The Morgan fingerprint density at radius 1 is 1.23 bits per heavy atom. The van der Waals surface area contributed by atoms with Crippen LogP contribution in [0, 0.1) is 10.1 Å². The number of aliphatic imine (C=N–C) groups is 1. The van der Waals surface area contributed by atoms with Crippen LogP contribution in [0.4, 0.5) is 11.4 Å². The summed E-state index contributed by atoms with van der Waals surface area (Å²) in [5.74, 6) is 0.348. The molecule has 9 heteroatoms. The smallest absolute Gasteiger partial charge is 0.312 e. The molecule has 0 atom stereocenters. The van der Waals surface area contributed by atoms with Crippen molar-refractivity contribution in [3.05, 3.63) is 75.3 Å². The maximum atomic E-state index is 11.1. The van der Waals surface area contributed by atoms with Gasteiger partial charge in [0, 0.05) is 28.4 Å². The van der Waals surface area contributed by atoms with Gasteiger partial charge in [-0.15, -0.1) is 0 Å². The van der Waals surface area contributed by atoms with Gasteiger partial charge in [0.25, 0.3) is 0 Å². The number of halogens is 1. The van der Waals surface area contributed by atoms with Crippen LogP contribution in [0.2, 0.25) is 5.02 Å². The zero-order valence-corrected chi connectivity index (χ0v) is 16.3. The Balaban J connectivity index is 1.76. The summed E-state index contributed by atoms with van der Waals surface area (Å²) in [7, 11) is 1.50. The summed E-state index contributed by atoms with van der Waals surface area (Å²) in [6, 6.07) is 15.0. The van der Waals surface area contributed by atoms with Crippen LogP contribution in [0.25, 0.3) is 22.6 Å². The van der Waals surface area contributed by atoms with Crippen LogP contribution in [0.1, 0.15) is 5.56 Å². The first-order valence-corrected chi connectivity index (χ1v) is 9.09. The van der Waals surface area contributed by atoms with E-state index >= 15 is 0 Å². The number of nitro benzene ring substituents is 1. The molecule has 0 bridgehead atoms. The lowest BCUT2D eigenvalue weighted by atomic mass is 10.1. The zero-order chi connectivity index (χ0) is 21.3. The quantitative estimate of drug-likeness (QED) is 0.257. The molecule has 4 rings (SSSR count). The van der Waals surface area contributed by atoms with Crippen molar-refractivity contribution < 1.29 is 19.2 Å². The maximum absolute atomic E-state index is 11.1. The van der Waals surface area contributed by atoms with Crippen molar-refractivity contribution >= 4 is 40.3 Å². The van der Waals surface area contributed by atoms with E-state index < -0.39 is 16.4 Å². The summed E-state index contributed by atoms with van der Waals surface area (Å²) in [4.78, 5) is 19.2. The normalized spacial score (nSPS) is 11.3. The van der Waals surface area contributed by atoms with Gasteiger partial charge in [-0.3, -0.25) is 15.1 Å². The topological polar surface area (TPSA) is 111 Å². The predicted molar refractivity (Wildman–Crippen MR) is 113 cm³/mol. The minimum Gasteiger partial charge on any atom is -0.502 e. The van der Waals surface area contributed by atoms with Crippen LogP contribution < -0.4 is 4.74 Å². The molecule has 0 saturated heterocycles. The standard InChI is InChI=1S/C21H14ClN3O5/c1-29-18-7-6-12(21-24-15-4-2-3-5-19(15)30-21)9-16(18)23-11-13-8-14(22)10-17(20(13)26)25(27)28/h2-11,26H,1H3. The SMILES string of the molecule is COc1ccc(-c2nc3ccccc3o2)cc1N=Cc1cc(Cl)cc([N+](=O)[O-])c1O. The third-order valence-corrected chi connectivity index (χ3v) is 4.56. The van der Waals surface area contributed by atoms with Crippen LogP contribution in [0.15, 0.2) is 64.0 Å². The third kappa shape index (κ3) is 3.68. The summed E-state index contributed by atoms with van der Waals surface area (Å²) in [5.41, 5.74) is 2.06. The van der Waals surface area contributed by atoms with E-state index in [0.29, 0.717) is 28.5 Å². The summed E-state index contributed by atoms with van der Waals surface area (Å²) in [6.45, 7) is 0. The number of methoxy groups -OCH3 is 1. The molecule has 0 spiro atoms. The van der Waals surface area contributed by atoms with Crippen LogP contribution in [-0.4, -0.2) is 28.3 Å². The van der Waals surface area contributed by atoms with Gasteiger partial charge in [0.1, 0.15) is 17.0 Å². The van der Waals surface area contributed by atoms with Crippen LogP contribution in [0.3, 0.4) is 0 Å². The number of oxazole rings is 1. The van der Waals surface area contributed by atoms with Gasteiger partial charge >= 0.3 is 5.69 Å². The van der Waals surface area contributed by atoms with Gasteiger partial charge in [-0.2, -0.15) is 0 Å². The molecule has 0 aliphatic rings. The number of aromatic nitrogens is 1. The number of hydrogen-bond acceptors (Lipinski definition) is 7. The van der Waals surface area contributed by atoms with E-state index in [1.165, 1.54) is 19.4 Å². The molecule has 0 aliphatic heterocycles. The highest BCUT2D eigenvalue weighted by Gasteiger charge is 2.18. The van der Waals surface area contributed by atoms with Crippen molar-refractivity contribution in [1.82, 2.24) is 4.98 Å². The number of nitrogens with zero attached hydrogens (tertiary/aromatic N) is 3. The molecule has 3 aromatic carbocycles. The molecule has 0 aliphatic carbocycles. The molecule has 0 amide bonds. The lowest BCUT2D eigenvalue weighted by Crippen LogP contribution is -1.93. The molecule has 1 heterocycles. The number of nitro groups is 1. The molecule has 8 nitrogen and oxygen atoms in total. The largest absolute Gasteiger partial charge is 0.502 e. The molecular weight excluding hydrogens is 410 g/mol. The van der Waals surface area contributed by atoms with E-state index in [4.69, 9.17) is 20.8 Å². The fraction of sp³-hybridized carbons (Fsp3) is 0.0476. The van der Waals surface area contributed by atoms with Crippen LogP contribution >= 0.6 is 11.6 Å². The number of para-hydroxylation sites is 2. The second-order valence-corrected chi connectivity index (χ2v) is 6.69. The van der Waals surface area contributed by atoms with E-state index in [1.54, 1.807) is 18.2 Å². The van der Waals surface area contributed by atoms with Gasteiger partial charge < -0.3 is 14.3 Å². The Bertz CT molecular complexity index is 1270. The Kier molecular flexibility index (Phi) is 5.07. The van der Waals surface area contributed by atoms with Gasteiger partial charge in [-0.25, -0.2) is 4.98 Å². The molecule has 0 fully saturated rings. The molecule has 150 valence electrons. The van der Waals surface area contributed by atoms with Gasteiger partial charge in [0.15, 0.2) is 5.58 Å². The lowest BCUT2D eigenvalue weighted by molar-refractivity contribution is -0.385. The summed E-state index contributed by atoms with van der Waals surface area (Å²) < 4.78 is 11.1. The molecular formula is C21H14ClN3O5. The van der Waals surface area contributed by atoms with Crippen molar-refractivity contribution in [1.29, 1.82) is 0 Å². The second kappa shape index (κ2) is 7.84. The molecule has 0 saturated carbocycles. The van der Waals surface area contributed by atoms with E-state index in [-0.39, 0.29) is 10.6 Å². The lowest BCUT2D eigenvalue weighted by Gasteiger charge is -2.06. The van der Waals surface area contributed by atoms with Gasteiger partial charge in [-0.1, -0.05) is 23.7 Å². The first-order valence-electron chi connectivity index (χ1n) is 8.71. The molecule has 1 N–H and O–H groups in total. The number of ether oxygens (including phenoxy) is 1. The van der Waals surface area contributed by atoms with E-state index in [1.807, 2.05) is 24.3 Å². The fourth-order valence-corrected chi connectivity index (χ4v) is 3.12. The number of phenolic OH excluding ortho intramolecular Hbond substituents is 1. The van der Waals surface area contributed by atoms with Gasteiger partial charge in [-0.05, 0) is 36.4 Å². The molecule has 4 aromatic rings. The predicted octanol–water partition coefficient (Wildman–Crippen LogP) is 5.52. The summed E-state index contributed by atoms with van der Waals surface area (Å²) >= 11 is 5.93. The fourth-order valence-electron chi connectivity index (χ4n) is 2.90. The van der Waals surface area contributed by atoms with Crippen molar-refractivity contribution in [3.8, 4) is 23.0 Å². The van der Waals surface area contributed by atoms with Gasteiger partial charge in [0.2, 0.25) is 11.6 Å². The Morgan fingerprint density at radius 3 is 2.77 bits per heavy atom. The molecule has 30 heavy (non-hydrogen) atoms. The summed E-state index contributed by atoms with van der Waals surface area (Å²) in [5, 5.41) is 21.3. The van der Waals surface area contributed by atoms with Crippen molar-refractivity contribution in [3.63, 3.8) is 0 Å². The average Bonchev–Trinajstić information content (AvgIpc) is 3.18. The molecule has 0 radical (unpaired) electrons. The molecule has 0 unspecified atom stereocenters. The zero-order valence-electron chi connectivity index (χ0n) is 15.6. The minimum atomic E-state index is -0.715. The Hall–Kier alpha value is -3.91. The number of benzene rings is 3. The monoisotopic (exact) mass is 423 g/mol. The Morgan fingerprint density at radius 2 is 2.03 bits per heavy atom. The third-order valence-electron chi connectivity index (χ3n) is 4.34. The number of aromatic hydroxyl groups is 1. The van der Waals surface area contributed by atoms with Crippen LogP contribution in [-0.2, 0) is 0 Å². The van der Waals surface area contributed by atoms with Crippen molar-refractivity contribution in [2.24, 2.45) is 4.99 Å². The summed E-state index contributed by atoms with van der Waals surface area (Å²) in [6.07, 6.45) is 1.28. The highest BCUT2D eigenvalue weighted by Crippen LogP contribution is 2.35. The van der Waals surface area contributed by atoms with E-state index in [9.17, 15) is 15.2 Å². The highest BCUT2D eigenvalue weighted by atomic mass is 35.5. The maximum Gasteiger partial charge on any atom is 0.312 e. The van der Waals surface area contributed by atoms with Crippen molar-refractivity contribution in [2.75, 3.05) is 7.11 Å². The van der Waals surface area contributed by atoms with E-state index in [2.05, 4.69) is 9.98 Å². The first-order chi connectivity index (χ1) is 14.5. The number of hydrogen-bond donors (Lipinski definition) is 1. The second-order valence-electron chi connectivity index (χ2n) is 6.25. The first kappa shape index (κ1) is 19.4. The molecule has 1 aromatic heterocycles. The minimum absolute atomic E-state index is 0.100. The van der Waals surface area contributed by atoms with Crippen LogP contribution in [0.5, 0.6) is 11.5 Å².